The number of carbonyl (C=O) groups is 1. The molecule has 7 heteroatoms. The highest BCUT2D eigenvalue weighted by molar-refractivity contribution is 7.07. The zero-order valence-electron chi connectivity index (χ0n) is 16.5. The molecule has 0 saturated carbocycles. The molecule has 0 aliphatic heterocycles. The van der Waals surface area contributed by atoms with Crippen molar-refractivity contribution >= 4 is 40.9 Å². The van der Waals surface area contributed by atoms with Gasteiger partial charge in [0.1, 0.15) is 4.66 Å². The minimum Gasteiger partial charge on any atom is -0.493 e. The van der Waals surface area contributed by atoms with Gasteiger partial charge in [-0.3, -0.25) is 9.59 Å². The quantitative estimate of drug-likeness (QED) is 0.585. The molecule has 0 N–H and O–H groups in total. The number of ketones is 1. The van der Waals surface area contributed by atoms with Crippen molar-refractivity contribution in [1.29, 1.82) is 0 Å². The van der Waals surface area contributed by atoms with Crippen molar-refractivity contribution in [3.05, 3.63) is 77.7 Å². The summed E-state index contributed by atoms with van der Waals surface area (Å²) in [5.74, 6) is 0.769. The molecule has 0 aliphatic carbocycles. The third-order valence-electron chi connectivity index (χ3n) is 4.48. The standard InChI is InChI=1S/C22H20ClNO4S/c1-13-7-5-6-8-15(13)17(25)12-20-24(2)22(26)19(29-20)11-14-9-16(23)21(28-4)18(10-14)27-3/h5-12H,1-4H3/b19-11+,20-12-. The van der Waals surface area contributed by atoms with E-state index in [-0.39, 0.29) is 11.3 Å². The minimum atomic E-state index is -0.190. The van der Waals surface area contributed by atoms with Gasteiger partial charge in [0, 0.05) is 18.7 Å². The number of nitrogens with zero attached hydrogens (tertiary/aromatic N) is 1. The topological polar surface area (TPSA) is 57.5 Å². The molecule has 0 radical (unpaired) electrons. The summed E-state index contributed by atoms with van der Waals surface area (Å²) in [7, 11) is 4.68. The highest BCUT2D eigenvalue weighted by atomic mass is 35.5. The van der Waals surface area contributed by atoms with Gasteiger partial charge in [-0.05, 0) is 36.3 Å². The Morgan fingerprint density at radius 2 is 1.90 bits per heavy atom. The first-order valence-electron chi connectivity index (χ1n) is 8.76. The Bertz CT molecular complexity index is 1260. The molecule has 0 bridgehead atoms. The Morgan fingerprint density at radius 3 is 2.55 bits per heavy atom. The molecule has 0 saturated heterocycles. The fraction of sp³-hybridized carbons (Fsp3) is 0.182. The molecule has 5 nitrogen and oxygen atoms in total. The van der Waals surface area contributed by atoms with Crippen LogP contribution in [0.5, 0.6) is 11.5 Å². The highest BCUT2D eigenvalue weighted by Gasteiger charge is 2.11. The second-order valence-electron chi connectivity index (χ2n) is 6.37. The third-order valence-corrected chi connectivity index (χ3v) is 5.87. The van der Waals surface area contributed by atoms with Gasteiger partial charge < -0.3 is 14.0 Å². The number of hydrogen-bond acceptors (Lipinski definition) is 5. The van der Waals surface area contributed by atoms with Crippen LogP contribution in [0.2, 0.25) is 5.02 Å². The van der Waals surface area contributed by atoms with E-state index in [1.54, 1.807) is 31.3 Å². The number of aromatic nitrogens is 1. The number of aryl methyl sites for hydroxylation is 1. The summed E-state index contributed by atoms with van der Waals surface area (Å²) in [6.07, 6.45) is 3.21. The van der Waals surface area contributed by atoms with E-state index in [0.717, 1.165) is 5.56 Å². The van der Waals surface area contributed by atoms with Crippen LogP contribution in [0, 0.1) is 6.92 Å². The van der Waals surface area contributed by atoms with Crippen LogP contribution >= 0.6 is 22.9 Å². The van der Waals surface area contributed by atoms with Gasteiger partial charge in [0.15, 0.2) is 17.3 Å². The number of thiazole rings is 1. The monoisotopic (exact) mass is 429 g/mol. The van der Waals surface area contributed by atoms with Crippen molar-refractivity contribution in [3.8, 4) is 11.5 Å². The van der Waals surface area contributed by atoms with E-state index in [0.29, 0.717) is 36.8 Å². The molecule has 150 valence electrons. The van der Waals surface area contributed by atoms with Gasteiger partial charge in [-0.1, -0.05) is 35.9 Å². The van der Waals surface area contributed by atoms with Crippen molar-refractivity contribution in [2.24, 2.45) is 7.05 Å². The van der Waals surface area contributed by atoms with Crippen LogP contribution in [0.1, 0.15) is 21.5 Å². The summed E-state index contributed by atoms with van der Waals surface area (Å²) in [6, 6.07) is 10.8. The van der Waals surface area contributed by atoms with E-state index < -0.39 is 0 Å². The van der Waals surface area contributed by atoms with Crippen molar-refractivity contribution < 1.29 is 14.3 Å². The first-order chi connectivity index (χ1) is 13.8. The molecule has 0 spiro atoms. The van der Waals surface area contributed by atoms with E-state index in [1.807, 2.05) is 25.1 Å². The Morgan fingerprint density at radius 1 is 1.17 bits per heavy atom. The average molecular weight is 430 g/mol. The number of benzene rings is 2. The first-order valence-corrected chi connectivity index (χ1v) is 9.96. The van der Waals surface area contributed by atoms with Crippen molar-refractivity contribution in [3.63, 3.8) is 0 Å². The lowest BCUT2D eigenvalue weighted by Crippen LogP contribution is -2.29. The fourth-order valence-electron chi connectivity index (χ4n) is 2.92. The van der Waals surface area contributed by atoms with Crippen LogP contribution in [-0.2, 0) is 7.05 Å². The zero-order valence-corrected chi connectivity index (χ0v) is 18.1. The fourth-order valence-corrected chi connectivity index (χ4v) is 4.25. The lowest BCUT2D eigenvalue weighted by atomic mass is 10.1. The Kier molecular flexibility index (Phi) is 6.25. The van der Waals surface area contributed by atoms with Gasteiger partial charge in [0.25, 0.3) is 5.56 Å². The SMILES string of the molecule is COc1cc(/C=c2/s/c(=C\C(=O)c3ccccc3C)n(C)c2=O)cc(Cl)c1OC. The van der Waals surface area contributed by atoms with Crippen LogP contribution in [0.25, 0.3) is 12.2 Å². The molecule has 0 amide bonds. The van der Waals surface area contributed by atoms with Gasteiger partial charge in [-0.25, -0.2) is 0 Å². The summed E-state index contributed by atoms with van der Waals surface area (Å²) in [5, 5.41) is 0.382. The number of halogens is 1. The van der Waals surface area contributed by atoms with Crippen molar-refractivity contribution in [2.75, 3.05) is 14.2 Å². The number of hydrogen-bond donors (Lipinski definition) is 0. The number of ether oxygens (including phenoxy) is 2. The van der Waals surface area contributed by atoms with Crippen LogP contribution in [0.3, 0.4) is 0 Å². The van der Waals surface area contributed by atoms with Gasteiger partial charge in [0.05, 0.1) is 23.8 Å². The van der Waals surface area contributed by atoms with Crippen LogP contribution in [0.15, 0.2) is 41.2 Å². The summed E-state index contributed by atoms with van der Waals surface area (Å²) in [4.78, 5) is 25.3. The Hall–Kier alpha value is -2.83. The lowest BCUT2D eigenvalue weighted by molar-refractivity contribution is 0.106. The van der Waals surface area contributed by atoms with E-state index in [9.17, 15) is 9.59 Å². The number of rotatable bonds is 5. The summed E-state index contributed by atoms with van der Waals surface area (Å²) < 4.78 is 13.1. The molecular weight excluding hydrogens is 410 g/mol. The molecule has 1 aromatic heterocycles. The molecule has 0 aliphatic rings. The molecule has 0 atom stereocenters. The molecule has 3 aromatic rings. The van der Waals surface area contributed by atoms with E-state index >= 15 is 0 Å². The Balaban J connectivity index is 2.10. The average Bonchev–Trinajstić information content (AvgIpc) is 2.95. The second kappa shape index (κ2) is 8.68. The summed E-state index contributed by atoms with van der Waals surface area (Å²) >= 11 is 7.49. The number of Topliss-reactive ketones (excluding diaryl/α,β-unsaturated/α-hetero) is 1. The molecule has 3 rings (SSSR count). The Labute approximate surface area is 177 Å². The van der Waals surface area contributed by atoms with E-state index in [2.05, 4.69) is 0 Å². The van der Waals surface area contributed by atoms with Crippen LogP contribution in [0.4, 0.5) is 0 Å². The minimum absolute atomic E-state index is 0.138. The summed E-state index contributed by atoms with van der Waals surface area (Å²) in [5.41, 5.74) is 2.01. The molecule has 2 aromatic carbocycles. The molecule has 29 heavy (non-hydrogen) atoms. The van der Waals surface area contributed by atoms with E-state index in [4.69, 9.17) is 21.1 Å². The second-order valence-corrected chi connectivity index (χ2v) is 7.84. The molecule has 0 fully saturated rings. The van der Waals surface area contributed by atoms with Crippen LogP contribution in [-0.4, -0.2) is 24.6 Å². The number of carbonyl (C=O) groups excluding carboxylic acids is 1. The number of methoxy groups -OCH3 is 2. The zero-order chi connectivity index (χ0) is 21.1. The molecule has 0 unspecified atom stereocenters. The first kappa shape index (κ1) is 20.9. The largest absolute Gasteiger partial charge is 0.493 e. The van der Waals surface area contributed by atoms with Crippen molar-refractivity contribution in [1.82, 2.24) is 4.57 Å². The van der Waals surface area contributed by atoms with Gasteiger partial charge in [0.2, 0.25) is 0 Å². The maximum absolute atomic E-state index is 12.7. The maximum Gasteiger partial charge on any atom is 0.268 e. The predicted molar refractivity (Wildman–Crippen MR) is 117 cm³/mol. The normalized spacial score (nSPS) is 12.3. The molecular formula is C22H20ClNO4S. The van der Waals surface area contributed by atoms with Crippen molar-refractivity contribution in [2.45, 2.75) is 6.92 Å². The van der Waals surface area contributed by atoms with E-state index in [1.165, 1.54) is 36.2 Å². The third kappa shape index (κ3) is 4.28. The van der Waals surface area contributed by atoms with Gasteiger partial charge >= 0.3 is 0 Å². The highest BCUT2D eigenvalue weighted by Crippen LogP contribution is 2.36. The lowest BCUT2D eigenvalue weighted by Gasteiger charge is -2.09. The summed E-state index contributed by atoms with van der Waals surface area (Å²) in [6.45, 7) is 1.88. The molecule has 1 heterocycles. The van der Waals surface area contributed by atoms with Gasteiger partial charge in [-0.15, -0.1) is 11.3 Å². The smallest absolute Gasteiger partial charge is 0.268 e. The maximum atomic E-state index is 12.7. The predicted octanol–water partition coefficient (Wildman–Crippen LogP) is 2.92. The van der Waals surface area contributed by atoms with Crippen LogP contribution < -0.4 is 24.2 Å². The van der Waals surface area contributed by atoms with Gasteiger partial charge in [-0.2, -0.15) is 0 Å².